The molecule has 31 heavy (non-hydrogen) atoms. The third-order valence-electron chi connectivity index (χ3n) is 5.42. The number of methoxy groups -OCH3 is 1. The van der Waals surface area contributed by atoms with Gasteiger partial charge in [0.05, 0.1) is 12.7 Å². The van der Waals surface area contributed by atoms with Gasteiger partial charge in [-0.05, 0) is 52.6 Å². The second-order valence-corrected chi connectivity index (χ2v) is 7.86. The molecule has 0 bridgehead atoms. The molecule has 0 radical (unpaired) electrons. The molecular weight excluding hydrogens is 402 g/mol. The van der Waals surface area contributed by atoms with Crippen molar-refractivity contribution in [3.8, 4) is 0 Å². The van der Waals surface area contributed by atoms with E-state index in [-0.39, 0.29) is 23.6 Å². The molecular formula is C22H27N3O6. The Labute approximate surface area is 180 Å². The Morgan fingerprint density at radius 3 is 2.48 bits per heavy atom. The summed E-state index contributed by atoms with van der Waals surface area (Å²) in [6.45, 7) is 5.87. The first-order valence-corrected chi connectivity index (χ1v) is 9.85. The number of likely N-dealkylation sites (tertiary alicyclic amines) is 1. The van der Waals surface area contributed by atoms with Crippen molar-refractivity contribution >= 4 is 23.4 Å². The Balaban J connectivity index is 2.20. The minimum Gasteiger partial charge on any atom is -0.507 e. The zero-order valence-electron chi connectivity index (χ0n) is 18.5. The fourth-order valence-corrected chi connectivity index (χ4v) is 3.86. The number of ketones is 1. The number of aryl methyl sites for hydroxylation is 2. The lowest BCUT2D eigenvalue weighted by Gasteiger charge is -2.24. The third-order valence-corrected chi connectivity index (χ3v) is 5.42. The van der Waals surface area contributed by atoms with E-state index in [9.17, 15) is 19.5 Å². The lowest BCUT2D eigenvalue weighted by atomic mass is 9.97. The summed E-state index contributed by atoms with van der Waals surface area (Å²) in [5.74, 6) is -1.45. The number of H-pyrrole nitrogens is 1. The standard InChI is InChI=1S/C22H27N3O6/c1-11-7-8-14(31-11)18-16(20(27)21(28)25(18)10-9-24(4)5)19(26)15-12(2)17(22(29)30-6)23-13(15)3/h7-8,18,23,26H,9-10H2,1-6H3/b19-16-. The molecule has 0 saturated carbocycles. The van der Waals surface area contributed by atoms with Crippen LogP contribution in [0.1, 0.15) is 44.9 Å². The molecule has 1 fully saturated rings. The van der Waals surface area contributed by atoms with Crippen molar-refractivity contribution in [1.82, 2.24) is 14.8 Å². The van der Waals surface area contributed by atoms with E-state index in [1.165, 1.54) is 12.0 Å². The summed E-state index contributed by atoms with van der Waals surface area (Å²) in [6.07, 6.45) is 0. The summed E-state index contributed by atoms with van der Waals surface area (Å²) in [5.41, 5.74) is 1.30. The van der Waals surface area contributed by atoms with E-state index >= 15 is 0 Å². The Hall–Kier alpha value is -3.33. The van der Waals surface area contributed by atoms with Crippen LogP contribution in [0, 0.1) is 20.8 Å². The number of aromatic amines is 1. The van der Waals surface area contributed by atoms with E-state index in [2.05, 4.69) is 4.98 Å². The zero-order chi connectivity index (χ0) is 23.0. The van der Waals surface area contributed by atoms with Crippen LogP contribution >= 0.6 is 0 Å². The van der Waals surface area contributed by atoms with Crippen molar-refractivity contribution in [3.63, 3.8) is 0 Å². The van der Waals surface area contributed by atoms with Gasteiger partial charge in [-0.15, -0.1) is 0 Å². The van der Waals surface area contributed by atoms with Crippen LogP contribution in [-0.2, 0) is 14.3 Å². The summed E-state index contributed by atoms with van der Waals surface area (Å²) in [5, 5.41) is 11.2. The summed E-state index contributed by atoms with van der Waals surface area (Å²) in [6, 6.07) is 2.56. The molecule has 166 valence electrons. The third kappa shape index (κ3) is 3.88. The maximum absolute atomic E-state index is 13.0. The van der Waals surface area contributed by atoms with E-state index in [1.807, 2.05) is 19.0 Å². The molecule has 1 amide bonds. The van der Waals surface area contributed by atoms with Gasteiger partial charge in [0, 0.05) is 24.3 Å². The van der Waals surface area contributed by atoms with Gasteiger partial charge >= 0.3 is 5.97 Å². The number of aromatic nitrogens is 1. The van der Waals surface area contributed by atoms with Gasteiger partial charge < -0.3 is 29.0 Å². The van der Waals surface area contributed by atoms with Gasteiger partial charge in [0.1, 0.15) is 29.0 Å². The van der Waals surface area contributed by atoms with Gasteiger partial charge in [0.15, 0.2) is 0 Å². The average molecular weight is 429 g/mol. The van der Waals surface area contributed by atoms with Gasteiger partial charge in [0.25, 0.3) is 11.7 Å². The number of carbonyl (C=O) groups excluding carboxylic acids is 3. The molecule has 2 N–H and O–H groups in total. The Morgan fingerprint density at radius 2 is 1.94 bits per heavy atom. The molecule has 2 aromatic rings. The summed E-state index contributed by atoms with van der Waals surface area (Å²) in [4.78, 5) is 44.1. The maximum atomic E-state index is 13.0. The van der Waals surface area contributed by atoms with Crippen molar-refractivity contribution in [2.45, 2.75) is 26.8 Å². The van der Waals surface area contributed by atoms with Crippen molar-refractivity contribution in [1.29, 1.82) is 0 Å². The molecule has 1 atom stereocenters. The number of carbonyl (C=O) groups is 3. The molecule has 0 aliphatic carbocycles. The predicted molar refractivity (Wildman–Crippen MR) is 113 cm³/mol. The number of likely N-dealkylation sites (N-methyl/N-ethyl adjacent to an activating group) is 1. The summed E-state index contributed by atoms with van der Waals surface area (Å²) in [7, 11) is 4.99. The van der Waals surface area contributed by atoms with Gasteiger partial charge in [-0.3, -0.25) is 9.59 Å². The highest BCUT2D eigenvalue weighted by molar-refractivity contribution is 6.46. The van der Waals surface area contributed by atoms with Crippen molar-refractivity contribution < 1.29 is 28.6 Å². The van der Waals surface area contributed by atoms with Crippen LogP contribution in [0.3, 0.4) is 0 Å². The number of aliphatic hydroxyl groups excluding tert-OH is 1. The lowest BCUT2D eigenvalue weighted by molar-refractivity contribution is -0.140. The van der Waals surface area contributed by atoms with Crippen LogP contribution < -0.4 is 0 Å². The molecule has 2 aromatic heterocycles. The molecule has 3 heterocycles. The zero-order valence-corrected chi connectivity index (χ0v) is 18.5. The average Bonchev–Trinajstić information content (AvgIpc) is 3.34. The minimum absolute atomic E-state index is 0.0697. The summed E-state index contributed by atoms with van der Waals surface area (Å²) >= 11 is 0. The Kier molecular flexibility index (Phi) is 6.08. The van der Waals surface area contributed by atoms with Crippen LogP contribution in [-0.4, -0.2) is 71.8 Å². The first kappa shape index (κ1) is 22.4. The highest BCUT2D eigenvalue weighted by Gasteiger charge is 2.47. The SMILES string of the molecule is COC(=O)c1[nH]c(C)c(/C(O)=C2/C(=O)C(=O)N(CCN(C)C)C2c2ccc(C)o2)c1C. The Bertz CT molecular complexity index is 1080. The van der Waals surface area contributed by atoms with Crippen LogP contribution in [0.25, 0.3) is 5.76 Å². The van der Waals surface area contributed by atoms with E-state index in [1.54, 1.807) is 32.9 Å². The molecule has 0 aromatic carbocycles. The van der Waals surface area contributed by atoms with Crippen LogP contribution in [0.2, 0.25) is 0 Å². The molecule has 1 aliphatic rings. The quantitative estimate of drug-likeness (QED) is 0.313. The number of nitrogens with one attached hydrogen (secondary N) is 1. The number of nitrogens with zero attached hydrogens (tertiary/aromatic N) is 2. The number of ether oxygens (including phenoxy) is 1. The molecule has 3 rings (SSSR count). The predicted octanol–water partition coefficient (Wildman–Crippen LogP) is 2.30. The van der Waals surface area contributed by atoms with Gasteiger partial charge in [-0.25, -0.2) is 4.79 Å². The molecule has 9 nitrogen and oxygen atoms in total. The number of hydrogen-bond acceptors (Lipinski definition) is 7. The van der Waals surface area contributed by atoms with E-state index in [0.717, 1.165) is 0 Å². The van der Waals surface area contributed by atoms with Crippen molar-refractivity contribution in [2.24, 2.45) is 0 Å². The van der Waals surface area contributed by atoms with Crippen molar-refractivity contribution in [2.75, 3.05) is 34.3 Å². The fourth-order valence-electron chi connectivity index (χ4n) is 3.86. The van der Waals surface area contributed by atoms with E-state index < -0.39 is 23.7 Å². The number of rotatable bonds is 6. The summed E-state index contributed by atoms with van der Waals surface area (Å²) < 4.78 is 10.5. The first-order valence-electron chi connectivity index (χ1n) is 9.85. The monoisotopic (exact) mass is 429 g/mol. The van der Waals surface area contributed by atoms with Gasteiger partial charge in [0.2, 0.25) is 0 Å². The second-order valence-electron chi connectivity index (χ2n) is 7.86. The second kappa shape index (κ2) is 8.43. The molecule has 1 unspecified atom stereocenters. The first-order chi connectivity index (χ1) is 14.6. The number of aliphatic hydroxyl groups is 1. The number of Topliss-reactive ketones (excluding diaryl/α,β-unsaturated/α-hetero) is 1. The van der Waals surface area contributed by atoms with E-state index in [4.69, 9.17) is 9.15 Å². The van der Waals surface area contributed by atoms with Crippen molar-refractivity contribution in [3.05, 3.63) is 51.7 Å². The van der Waals surface area contributed by atoms with E-state index in [0.29, 0.717) is 34.9 Å². The normalized spacial score (nSPS) is 18.3. The molecule has 1 aliphatic heterocycles. The van der Waals surface area contributed by atoms with Crippen LogP contribution in [0.4, 0.5) is 0 Å². The fraction of sp³-hybridized carbons (Fsp3) is 0.409. The highest BCUT2D eigenvalue weighted by Crippen LogP contribution is 2.41. The largest absolute Gasteiger partial charge is 0.507 e. The topological polar surface area (TPSA) is 116 Å². The Morgan fingerprint density at radius 1 is 1.26 bits per heavy atom. The highest BCUT2D eigenvalue weighted by atomic mass is 16.5. The number of hydrogen-bond donors (Lipinski definition) is 2. The van der Waals surface area contributed by atoms with Crippen LogP contribution in [0.15, 0.2) is 22.1 Å². The smallest absolute Gasteiger partial charge is 0.354 e. The molecule has 9 heteroatoms. The number of esters is 1. The lowest BCUT2D eigenvalue weighted by Crippen LogP contribution is -2.35. The maximum Gasteiger partial charge on any atom is 0.354 e. The minimum atomic E-state index is -0.871. The molecule has 0 spiro atoms. The van der Waals surface area contributed by atoms with Crippen LogP contribution in [0.5, 0.6) is 0 Å². The number of furan rings is 1. The van der Waals surface area contributed by atoms with Gasteiger partial charge in [-0.2, -0.15) is 0 Å². The number of amides is 1. The molecule has 1 saturated heterocycles. The van der Waals surface area contributed by atoms with Gasteiger partial charge in [-0.1, -0.05) is 0 Å².